The van der Waals surface area contributed by atoms with Gasteiger partial charge < -0.3 is 10.4 Å². The van der Waals surface area contributed by atoms with E-state index in [4.69, 9.17) is 5.11 Å². The number of hydrogen-bond acceptors (Lipinski definition) is 7. The van der Waals surface area contributed by atoms with Crippen molar-refractivity contribution >= 4 is 34.9 Å². The number of aliphatic hydroxyl groups is 1. The quantitative estimate of drug-likeness (QED) is 0.680. The van der Waals surface area contributed by atoms with Gasteiger partial charge in [0.15, 0.2) is 8.68 Å². The van der Waals surface area contributed by atoms with Crippen LogP contribution in [0.1, 0.15) is 19.8 Å². The van der Waals surface area contributed by atoms with Crippen molar-refractivity contribution in [3.63, 3.8) is 0 Å². The van der Waals surface area contributed by atoms with Crippen molar-refractivity contribution in [3.05, 3.63) is 0 Å². The van der Waals surface area contributed by atoms with Crippen LogP contribution in [0.4, 0.5) is 0 Å². The standard InChI is InChI=1S/C10H19N3OS3/c1-3-5-11-8(4-6-14)7-16-10-13-12-9(15-2)17-10/h8,11,14H,3-7H2,1-2H3. The number of rotatable bonds is 9. The Labute approximate surface area is 115 Å². The number of hydrogen-bond donors (Lipinski definition) is 2. The molecule has 7 heteroatoms. The predicted octanol–water partition coefficient (Wildman–Crippen LogP) is 2.10. The highest BCUT2D eigenvalue weighted by molar-refractivity contribution is 8.03. The van der Waals surface area contributed by atoms with E-state index in [0.29, 0.717) is 6.04 Å². The topological polar surface area (TPSA) is 58.0 Å². The van der Waals surface area contributed by atoms with Gasteiger partial charge in [0.2, 0.25) is 0 Å². The minimum Gasteiger partial charge on any atom is -0.396 e. The summed E-state index contributed by atoms with van der Waals surface area (Å²) in [5.41, 5.74) is 0. The molecule has 0 saturated heterocycles. The molecule has 0 spiro atoms. The van der Waals surface area contributed by atoms with Crippen LogP contribution in [0.15, 0.2) is 8.68 Å². The molecule has 0 saturated carbocycles. The van der Waals surface area contributed by atoms with Crippen LogP contribution in [0.2, 0.25) is 0 Å². The van der Waals surface area contributed by atoms with Crippen molar-refractivity contribution < 1.29 is 5.11 Å². The summed E-state index contributed by atoms with van der Waals surface area (Å²) in [5, 5.41) is 20.6. The summed E-state index contributed by atoms with van der Waals surface area (Å²) < 4.78 is 2.02. The molecule has 2 N–H and O–H groups in total. The van der Waals surface area contributed by atoms with Gasteiger partial charge in [-0.25, -0.2) is 0 Å². The van der Waals surface area contributed by atoms with E-state index in [1.165, 1.54) is 0 Å². The zero-order chi connectivity index (χ0) is 12.5. The minimum absolute atomic E-state index is 0.230. The number of nitrogens with one attached hydrogen (secondary N) is 1. The van der Waals surface area contributed by atoms with E-state index in [0.717, 1.165) is 33.8 Å². The molecule has 98 valence electrons. The van der Waals surface area contributed by atoms with E-state index >= 15 is 0 Å². The van der Waals surface area contributed by atoms with Gasteiger partial charge in [-0.2, -0.15) is 0 Å². The third-order valence-corrected chi connectivity index (χ3v) is 5.33. The van der Waals surface area contributed by atoms with Crippen molar-refractivity contribution in [1.82, 2.24) is 15.5 Å². The molecule has 0 aliphatic rings. The van der Waals surface area contributed by atoms with Crippen molar-refractivity contribution in [2.45, 2.75) is 34.5 Å². The Hall–Kier alpha value is 0.180. The molecule has 1 heterocycles. The molecule has 0 amide bonds. The summed E-state index contributed by atoms with van der Waals surface area (Å²) in [7, 11) is 0. The van der Waals surface area contributed by atoms with Gasteiger partial charge in [-0.15, -0.1) is 10.2 Å². The average molecular weight is 293 g/mol. The number of thioether (sulfide) groups is 2. The molecule has 1 rings (SSSR count). The van der Waals surface area contributed by atoms with Gasteiger partial charge in [0.05, 0.1) is 0 Å². The Morgan fingerprint density at radius 2 is 2.18 bits per heavy atom. The highest BCUT2D eigenvalue weighted by Crippen LogP contribution is 2.27. The van der Waals surface area contributed by atoms with Gasteiger partial charge in [0.1, 0.15) is 0 Å². The highest BCUT2D eigenvalue weighted by atomic mass is 32.2. The third kappa shape index (κ3) is 6.05. The monoisotopic (exact) mass is 293 g/mol. The largest absolute Gasteiger partial charge is 0.396 e. The van der Waals surface area contributed by atoms with Gasteiger partial charge in [0, 0.05) is 18.4 Å². The highest BCUT2D eigenvalue weighted by Gasteiger charge is 2.10. The van der Waals surface area contributed by atoms with E-state index in [2.05, 4.69) is 22.4 Å². The molecule has 0 aliphatic heterocycles. The number of aromatic nitrogens is 2. The average Bonchev–Trinajstić information content (AvgIpc) is 2.80. The van der Waals surface area contributed by atoms with E-state index in [-0.39, 0.29) is 6.61 Å². The zero-order valence-electron chi connectivity index (χ0n) is 10.2. The normalized spacial score (nSPS) is 12.9. The molecule has 0 radical (unpaired) electrons. The van der Waals surface area contributed by atoms with Crippen molar-refractivity contribution in [2.75, 3.05) is 25.2 Å². The predicted molar refractivity (Wildman–Crippen MR) is 76.2 cm³/mol. The summed E-state index contributed by atoms with van der Waals surface area (Å²) in [4.78, 5) is 0. The summed E-state index contributed by atoms with van der Waals surface area (Å²) >= 11 is 4.97. The first-order valence-electron chi connectivity index (χ1n) is 5.64. The molecule has 1 aromatic rings. The molecule has 0 fully saturated rings. The van der Waals surface area contributed by atoms with E-state index in [1.807, 2.05) is 6.26 Å². The lowest BCUT2D eigenvalue weighted by Gasteiger charge is -2.15. The molecule has 1 aromatic heterocycles. The molecule has 4 nitrogen and oxygen atoms in total. The Morgan fingerprint density at radius 1 is 1.41 bits per heavy atom. The fraction of sp³-hybridized carbons (Fsp3) is 0.800. The van der Waals surface area contributed by atoms with Gasteiger partial charge >= 0.3 is 0 Å². The summed E-state index contributed by atoms with van der Waals surface area (Å²) in [5.74, 6) is 0.934. The zero-order valence-corrected chi connectivity index (χ0v) is 12.6. The minimum atomic E-state index is 0.230. The van der Waals surface area contributed by atoms with E-state index in [1.54, 1.807) is 34.9 Å². The van der Waals surface area contributed by atoms with Crippen LogP contribution in [0.25, 0.3) is 0 Å². The van der Waals surface area contributed by atoms with Crippen molar-refractivity contribution in [2.24, 2.45) is 0 Å². The Morgan fingerprint density at radius 3 is 2.76 bits per heavy atom. The molecule has 1 atom stereocenters. The summed E-state index contributed by atoms with van der Waals surface area (Å²) in [6.07, 6.45) is 3.91. The van der Waals surface area contributed by atoms with Crippen LogP contribution in [-0.2, 0) is 0 Å². The number of nitrogens with zero attached hydrogens (tertiary/aromatic N) is 2. The van der Waals surface area contributed by atoms with Crippen LogP contribution in [-0.4, -0.2) is 46.5 Å². The first-order valence-corrected chi connectivity index (χ1v) is 8.67. The van der Waals surface area contributed by atoms with Crippen LogP contribution >= 0.6 is 34.9 Å². The fourth-order valence-corrected chi connectivity index (χ4v) is 3.83. The van der Waals surface area contributed by atoms with Crippen LogP contribution in [0.3, 0.4) is 0 Å². The number of aliphatic hydroxyl groups excluding tert-OH is 1. The molecule has 17 heavy (non-hydrogen) atoms. The van der Waals surface area contributed by atoms with Gasteiger partial charge in [-0.05, 0) is 25.6 Å². The molecule has 0 bridgehead atoms. The first kappa shape index (κ1) is 15.2. The lowest BCUT2D eigenvalue weighted by Crippen LogP contribution is -2.32. The van der Waals surface area contributed by atoms with Crippen molar-refractivity contribution in [3.8, 4) is 0 Å². The molecular formula is C10H19N3OS3. The first-order chi connectivity index (χ1) is 8.30. The maximum atomic E-state index is 9.00. The second-order valence-corrected chi connectivity index (χ2v) is 6.81. The van der Waals surface area contributed by atoms with Crippen LogP contribution in [0, 0.1) is 0 Å². The molecule has 1 unspecified atom stereocenters. The van der Waals surface area contributed by atoms with E-state index < -0.39 is 0 Å². The molecule has 0 aromatic carbocycles. The molecular weight excluding hydrogens is 274 g/mol. The fourth-order valence-electron chi connectivity index (χ4n) is 1.26. The van der Waals surface area contributed by atoms with E-state index in [9.17, 15) is 0 Å². The lowest BCUT2D eigenvalue weighted by molar-refractivity contribution is 0.270. The maximum absolute atomic E-state index is 9.00. The second-order valence-electron chi connectivity index (χ2n) is 3.51. The summed E-state index contributed by atoms with van der Waals surface area (Å²) in [6, 6.07) is 0.353. The van der Waals surface area contributed by atoms with Gasteiger partial charge in [-0.1, -0.05) is 41.8 Å². The third-order valence-electron chi connectivity index (χ3n) is 2.13. The maximum Gasteiger partial charge on any atom is 0.175 e. The Kier molecular flexibility index (Phi) is 8.21. The smallest absolute Gasteiger partial charge is 0.175 e. The SMILES string of the molecule is CCCNC(CCO)CSc1nnc(SC)s1. The van der Waals surface area contributed by atoms with Gasteiger partial charge in [0.25, 0.3) is 0 Å². The van der Waals surface area contributed by atoms with Crippen molar-refractivity contribution in [1.29, 1.82) is 0 Å². The lowest BCUT2D eigenvalue weighted by atomic mass is 10.2. The van der Waals surface area contributed by atoms with Gasteiger partial charge in [-0.3, -0.25) is 0 Å². The van der Waals surface area contributed by atoms with Crippen LogP contribution in [0.5, 0.6) is 0 Å². The van der Waals surface area contributed by atoms with Crippen LogP contribution < -0.4 is 5.32 Å². The Bertz CT molecular complexity index is 309. The Balaban J connectivity index is 2.34. The summed E-state index contributed by atoms with van der Waals surface area (Å²) in [6.45, 7) is 3.37. The molecule has 0 aliphatic carbocycles. The second kappa shape index (κ2) is 9.16.